The normalized spacial score (nSPS) is 26.5. The first kappa shape index (κ1) is 14.8. The molecular formula is C16H18FN3O2S. The molecule has 0 amide bonds. The van der Waals surface area contributed by atoms with Crippen molar-refractivity contribution in [2.24, 2.45) is 5.92 Å². The lowest BCUT2D eigenvalue weighted by atomic mass is 10.1. The smallest absolute Gasteiger partial charge is 0.214 e. The molecule has 5 nitrogen and oxygen atoms in total. The molecule has 2 heterocycles. The number of benzene rings is 1. The first-order valence-electron chi connectivity index (χ1n) is 7.81. The van der Waals surface area contributed by atoms with Gasteiger partial charge in [-0.15, -0.1) is 0 Å². The maximum atomic E-state index is 13.0. The second kappa shape index (κ2) is 5.42. The molecule has 1 aromatic heterocycles. The number of rotatable bonds is 3. The summed E-state index contributed by atoms with van der Waals surface area (Å²) in [7, 11) is -3.18. The highest BCUT2D eigenvalue weighted by atomic mass is 32.2. The van der Waals surface area contributed by atoms with Gasteiger partial charge in [0.25, 0.3) is 0 Å². The van der Waals surface area contributed by atoms with E-state index in [2.05, 4.69) is 5.10 Å². The van der Waals surface area contributed by atoms with Gasteiger partial charge in [-0.1, -0.05) is 0 Å². The first-order chi connectivity index (χ1) is 11.0. The molecule has 7 heteroatoms. The molecule has 2 aromatic rings. The second-order valence-corrected chi connectivity index (χ2v) is 8.35. The minimum Gasteiger partial charge on any atom is -0.241 e. The van der Waals surface area contributed by atoms with E-state index in [-0.39, 0.29) is 17.6 Å². The van der Waals surface area contributed by atoms with Crippen LogP contribution in [0.4, 0.5) is 4.39 Å². The molecule has 1 saturated heterocycles. The van der Waals surface area contributed by atoms with E-state index in [9.17, 15) is 12.8 Å². The standard InChI is InChI=1S/C16H18FN3O2S/c17-13-2-5-15(6-3-13)19-8-7-14(18-19)10-20-16-4-1-12(9-16)11-23(20,21)22/h2-3,5-8,12,16H,1,4,9-11H2/t12-,16+/m0/s1. The molecule has 4 rings (SSSR count). The SMILES string of the molecule is O=S1(=O)C[C@H]2CC[C@H](C2)N1Cc1ccn(-c2ccc(F)cc2)n1. The topological polar surface area (TPSA) is 55.2 Å². The van der Waals surface area contributed by atoms with Gasteiger partial charge in [-0.25, -0.2) is 17.5 Å². The van der Waals surface area contributed by atoms with Crippen molar-refractivity contribution in [3.63, 3.8) is 0 Å². The van der Waals surface area contributed by atoms with Crippen LogP contribution in [-0.2, 0) is 16.6 Å². The molecule has 0 radical (unpaired) electrons. The largest absolute Gasteiger partial charge is 0.241 e. The summed E-state index contributed by atoms with van der Waals surface area (Å²) in [6, 6.07) is 7.99. The molecular weight excluding hydrogens is 317 g/mol. The van der Waals surface area contributed by atoms with E-state index in [1.807, 2.05) is 6.07 Å². The van der Waals surface area contributed by atoms with Gasteiger partial charge in [0, 0.05) is 12.2 Å². The van der Waals surface area contributed by atoms with E-state index in [1.54, 1.807) is 27.3 Å². The van der Waals surface area contributed by atoms with Crippen molar-refractivity contribution < 1.29 is 12.8 Å². The molecule has 122 valence electrons. The van der Waals surface area contributed by atoms with E-state index in [1.165, 1.54) is 12.1 Å². The summed E-state index contributed by atoms with van der Waals surface area (Å²) < 4.78 is 41.1. The summed E-state index contributed by atoms with van der Waals surface area (Å²) in [5.41, 5.74) is 1.46. The summed E-state index contributed by atoms with van der Waals surface area (Å²) in [4.78, 5) is 0. The molecule has 2 atom stereocenters. The van der Waals surface area contributed by atoms with Crippen LogP contribution >= 0.6 is 0 Å². The Morgan fingerprint density at radius 3 is 2.74 bits per heavy atom. The Labute approximate surface area is 134 Å². The van der Waals surface area contributed by atoms with Crippen LogP contribution in [0.5, 0.6) is 0 Å². The predicted octanol–water partition coefficient (Wildman–Crippen LogP) is 2.33. The summed E-state index contributed by atoms with van der Waals surface area (Å²) in [6.45, 7) is 0.313. The minimum absolute atomic E-state index is 0.120. The van der Waals surface area contributed by atoms with E-state index in [0.29, 0.717) is 18.2 Å². The third kappa shape index (κ3) is 2.79. The molecule has 23 heavy (non-hydrogen) atoms. The molecule has 0 spiro atoms. The molecule has 0 unspecified atom stereocenters. The van der Waals surface area contributed by atoms with Crippen LogP contribution in [0, 0.1) is 11.7 Å². The Kier molecular flexibility index (Phi) is 3.50. The highest BCUT2D eigenvalue weighted by Crippen LogP contribution is 2.38. The van der Waals surface area contributed by atoms with Gasteiger partial charge in [-0.3, -0.25) is 0 Å². The monoisotopic (exact) mass is 335 g/mol. The van der Waals surface area contributed by atoms with Gasteiger partial charge in [0.15, 0.2) is 0 Å². The molecule has 1 saturated carbocycles. The zero-order valence-electron chi connectivity index (χ0n) is 12.6. The summed E-state index contributed by atoms with van der Waals surface area (Å²) in [5.74, 6) is 0.302. The maximum Gasteiger partial charge on any atom is 0.214 e. The van der Waals surface area contributed by atoms with Crippen LogP contribution < -0.4 is 0 Å². The average molecular weight is 335 g/mol. The number of sulfonamides is 1. The van der Waals surface area contributed by atoms with E-state index < -0.39 is 10.0 Å². The van der Waals surface area contributed by atoms with Gasteiger partial charge in [-0.05, 0) is 55.5 Å². The fourth-order valence-electron chi connectivity index (χ4n) is 3.65. The Hall–Kier alpha value is -1.73. The van der Waals surface area contributed by atoms with Gasteiger partial charge >= 0.3 is 0 Å². The first-order valence-corrected chi connectivity index (χ1v) is 9.42. The third-order valence-corrected chi connectivity index (χ3v) is 6.81. The quantitative estimate of drug-likeness (QED) is 0.865. The lowest BCUT2D eigenvalue weighted by Crippen LogP contribution is -2.44. The molecule has 1 aliphatic carbocycles. The zero-order chi connectivity index (χ0) is 16.0. The van der Waals surface area contributed by atoms with Gasteiger partial charge in [0.2, 0.25) is 10.0 Å². The maximum absolute atomic E-state index is 13.0. The van der Waals surface area contributed by atoms with Crippen molar-refractivity contribution in [1.82, 2.24) is 14.1 Å². The van der Waals surface area contributed by atoms with Crippen molar-refractivity contribution in [2.45, 2.75) is 31.8 Å². The highest BCUT2D eigenvalue weighted by molar-refractivity contribution is 7.89. The second-order valence-electron chi connectivity index (χ2n) is 6.38. The number of aromatic nitrogens is 2. The molecule has 0 N–H and O–H groups in total. The molecule has 2 fully saturated rings. The lowest BCUT2D eigenvalue weighted by Gasteiger charge is -2.31. The van der Waals surface area contributed by atoms with Crippen molar-refractivity contribution in [2.75, 3.05) is 5.75 Å². The van der Waals surface area contributed by atoms with Crippen LogP contribution in [0.25, 0.3) is 5.69 Å². The van der Waals surface area contributed by atoms with E-state index in [0.717, 1.165) is 24.9 Å². The van der Waals surface area contributed by atoms with Gasteiger partial charge in [0.1, 0.15) is 5.82 Å². The van der Waals surface area contributed by atoms with Crippen LogP contribution in [-0.4, -0.2) is 34.3 Å². The van der Waals surface area contributed by atoms with Crippen molar-refractivity contribution in [3.05, 3.63) is 48.0 Å². The van der Waals surface area contributed by atoms with Gasteiger partial charge in [-0.2, -0.15) is 9.40 Å². The minimum atomic E-state index is -3.18. The summed E-state index contributed by atoms with van der Waals surface area (Å²) in [6.07, 6.45) is 4.70. The molecule has 2 aliphatic rings. The lowest BCUT2D eigenvalue weighted by molar-refractivity contribution is 0.291. The number of hydrogen-bond donors (Lipinski definition) is 0. The summed E-state index contributed by atoms with van der Waals surface area (Å²) >= 11 is 0. The zero-order valence-corrected chi connectivity index (χ0v) is 13.4. The highest BCUT2D eigenvalue weighted by Gasteiger charge is 2.43. The van der Waals surface area contributed by atoms with Crippen LogP contribution in [0.3, 0.4) is 0 Å². The summed E-state index contributed by atoms with van der Waals surface area (Å²) in [5, 5.41) is 4.44. The number of fused-ring (bicyclic) bond motifs is 2. The Bertz CT molecular complexity index is 816. The van der Waals surface area contributed by atoms with E-state index >= 15 is 0 Å². The Morgan fingerprint density at radius 1 is 1.17 bits per heavy atom. The Morgan fingerprint density at radius 2 is 1.96 bits per heavy atom. The molecule has 1 aromatic carbocycles. The van der Waals surface area contributed by atoms with Gasteiger partial charge in [0.05, 0.1) is 23.7 Å². The fraction of sp³-hybridized carbons (Fsp3) is 0.438. The van der Waals surface area contributed by atoms with Crippen molar-refractivity contribution >= 4 is 10.0 Å². The van der Waals surface area contributed by atoms with Crippen molar-refractivity contribution in [3.8, 4) is 5.69 Å². The van der Waals surface area contributed by atoms with Gasteiger partial charge < -0.3 is 0 Å². The number of halogens is 1. The van der Waals surface area contributed by atoms with Crippen LogP contribution in [0.2, 0.25) is 0 Å². The Balaban J connectivity index is 1.56. The molecule has 1 aliphatic heterocycles. The third-order valence-electron chi connectivity index (χ3n) is 4.78. The molecule has 2 bridgehead atoms. The van der Waals surface area contributed by atoms with Crippen LogP contribution in [0.1, 0.15) is 25.0 Å². The number of nitrogens with zero attached hydrogens (tertiary/aromatic N) is 3. The number of hydrogen-bond acceptors (Lipinski definition) is 3. The van der Waals surface area contributed by atoms with Crippen molar-refractivity contribution in [1.29, 1.82) is 0 Å². The average Bonchev–Trinajstić information content (AvgIpc) is 3.12. The van der Waals surface area contributed by atoms with E-state index in [4.69, 9.17) is 0 Å². The predicted molar refractivity (Wildman–Crippen MR) is 84.0 cm³/mol. The fourth-order valence-corrected chi connectivity index (χ4v) is 5.72. The van der Waals surface area contributed by atoms with Crippen LogP contribution in [0.15, 0.2) is 36.5 Å².